The first kappa shape index (κ1) is 16.8. The zero-order valence-electron chi connectivity index (χ0n) is 12.8. The van der Waals surface area contributed by atoms with E-state index in [1.54, 1.807) is 6.07 Å². The molecule has 0 aliphatic rings. The summed E-state index contributed by atoms with van der Waals surface area (Å²) in [5, 5.41) is 5.92. The molecule has 6 nitrogen and oxygen atoms in total. The maximum atomic E-state index is 11.6. The lowest BCUT2D eigenvalue weighted by atomic mass is 10.1. The lowest BCUT2D eigenvalue weighted by molar-refractivity contribution is -0.120. The number of hydrogen-bond acceptors (Lipinski definition) is 5. The summed E-state index contributed by atoms with van der Waals surface area (Å²) in [5.74, 6) is -0.468. The number of carbonyl (C=O) groups is 2. The van der Waals surface area contributed by atoms with Crippen LogP contribution >= 0.6 is 0 Å². The van der Waals surface area contributed by atoms with E-state index in [0.717, 1.165) is 17.7 Å². The normalized spacial score (nSPS) is 10.0. The predicted molar refractivity (Wildman–Crippen MR) is 83.3 cm³/mol. The first-order chi connectivity index (χ1) is 9.99. The summed E-state index contributed by atoms with van der Waals surface area (Å²) in [5.41, 5.74) is 8.14. The third-order valence-electron chi connectivity index (χ3n) is 3.05. The fourth-order valence-corrected chi connectivity index (χ4v) is 1.85. The number of nitrogen functional groups attached to an aromatic ring is 1. The van der Waals surface area contributed by atoms with Crippen molar-refractivity contribution < 1.29 is 14.3 Å². The Morgan fingerprint density at radius 3 is 2.62 bits per heavy atom. The Hall–Kier alpha value is -2.24. The summed E-state index contributed by atoms with van der Waals surface area (Å²) in [4.78, 5) is 23.1. The number of methoxy groups -OCH3 is 1. The molecule has 6 heteroatoms. The van der Waals surface area contributed by atoms with E-state index in [0.29, 0.717) is 30.8 Å². The number of nitrogens with two attached hydrogens (primary N) is 1. The molecule has 1 aromatic rings. The Morgan fingerprint density at radius 1 is 1.29 bits per heavy atom. The maximum Gasteiger partial charge on any atom is 0.340 e. The maximum absolute atomic E-state index is 11.6. The van der Waals surface area contributed by atoms with Gasteiger partial charge in [0.1, 0.15) is 0 Å². The van der Waals surface area contributed by atoms with Crippen LogP contribution in [0.5, 0.6) is 0 Å². The summed E-state index contributed by atoms with van der Waals surface area (Å²) in [6.07, 6.45) is 1.29. The van der Waals surface area contributed by atoms with Crippen molar-refractivity contribution in [2.24, 2.45) is 0 Å². The number of amides is 1. The zero-order chi connectivity index (χ0) is 15.8. The van der Waals surface area contributed by atoms with Gasteiger partial charge >= 0.3 is 5.97 Å². The number of hydrogen-bond donors (Lipinski definition) is 3. The molecule has 0 spiro atoms. The minimum Gasteiger partial charge on any atom is -0.465 e. The Balaban J connectivity index is 2.66. The van der Waals surface area contributed by atoms with Gasteiger partial charge in [0.15, 0.2) is 0 Å². The molecule has 0 aliphatic heterocycles. The van der Waals surface area contributed by atoms with E-state index < -0.39 is 5.97 Å². The lowest BCUT2D eigenvalue weighted by Gasteiger charge is -2.12. The second kappa shape index (κ2) is 8.14. The van der Waals surface area contributed by atoms with Crippen LogP contribution in [0.25, 0.3) is 0 Å². The van der Waals surface area contributed by atoms with Crippen LogP contribution in [0.4, 0.5) is 11.4 Å². The first-order valence-corrected chi connectivity index (χ1v) is 6.98. The summed E-state index contributed by atoms with van der Waals surface area (Å²) in [6.45, 7) is 5.00. The number of carbonyl (C=O) groups excluding carboxylic acids is 2. The fourth-order valence-electron chi connectivity index (χ4n) is 1.85. The molecule has 0 heterocycles. The van der Waals surface area contributed by atoms with Gasteiger partial charge in [-0.2, -0.15) is 0 Å². The highest BCUT2D eigenvalue weighted by Crippen LogP contribution is 2.23. The molecule has 0 radical (unpaired) electrons. The van der Waals surface area contributed by atoms with Gasteiger partial charge < -0.3 is 21.1 Å². The van der Waals surface area contributed by atoms with Crippen LogP contribution < -0.4 is 16.4 Å². The number of nitrogens with one attached hydrogen (secondary N) is 2. The molecule has 0 aliphatic carbocycles. The molecule has 0 atom stereocenters. The third-order valence-corrected chi connectivity index (χ3v) is 3.05. The van der Waals surface area contributed by atoms with E-state index in [-0.39, 0.29) is 5.91 Å². The zero-order valence-corrected chi connectivity index (χ0v) is 12.8. The number of esters is 1. The molecule has 4 N–H and O–H groups in total. The molecule has 0 aromatic heterocycles. The molecular formula is C15H23N3O3. The van der Waals surface area contributed by atoms with Gasteiger partial charge in [-0.15, -0.1) is 0 Å². The van der Waals surface area contributed by atoms with Crippen molar-refractivity contribution in [1.29, 1.82) is 0 Å². The summed E-state index contributed by atoms with van der Waals surface area (Å²) < 4.78 is 4.70. The van der Waals surface area contributed by atoms with Crippen molar-refractivity contribution >= 4 is 23.3 Å². The minimum absolute atomic E-state index is 0.00436. The quantitative estimate of drug-likeness (QED) is 0.525. The standard InChI is InChI=1S/C15H23N3O3/c1-4-6-18-13(19)5-7-17-11-8-10(2)14(16)12(9-11)15(20)21-3/h8-9,17H,4-7,16H2,1-3H3,(H,18,19). The monoisotopic (exact) mass is 293 g/mol. The second-order valence-corrected chi connectivity index (χ2v) is 4.77. The molecule has 0 saturated carbocycles. The first-order valence-electron chi connectivity index (χ1n) is 6.98. The average molecular weight is 293 g/mol. The van der Waals surface area contributed by atoms with Crippen molar-refractivity contribution in [3.05, 3.63) is 23.3 Å². The van der Waals surface area contributed by atoms with Crippen molar-refractivity contribution in [3.63, 3.8) is 0 Å². The molecule has 21 heavy (non-hydrogen) atoms. The number of rotatable bonds is 7. The summed E-state index contributed by atoms with van der Waals surface area (Å²) in [6, 6.07) is 3.48. The number of benzene rings is 1. The molecule has 116 valence electrons. The second-order valence-electron chi connectivity index (χ2n) is 4.77. The van der Waals surface area contributed by atoms with E-state index in [1.165, 1.54) is 7.11 Å². The van der Waals surface area contributed by atoms with Crippen LogP contribution in [0, 0.1) is 6.92 Å². The predicted octanol–water partition coefficient (Wildman–Crippen LogP) is 1.69. The number of anilines is 2. The van der Waals surface area contributed by atoms with Gasteiger partial charge in [0, 0.05) is 30.9 Å². The van der Waals surface area contributed by atoms with Crippen LogP contribution in [0.15, 0.2) is 12.1 Å². The van der Waals surface area contributed by atoms with Crippen molar-refractivity contribution in [3.8, 4) is 0 Å². The molecule has 1 amide bonds. The van der Waals surface area contributed by atoms with E-state index >= 15 is 0 Å². The highest BCUT2D eigenvalue weighted by atomic mass is 16.5. The van der Waals surface area contributed by atoms with Crippen molar-refractivity contribution in [2.45, 2.75) is 26.7 Å². The number of aryl methyl sites for hydroxylation is 1. The SMILES string of the molecule is CCCNC(=O)CCNc1cc(C)c(N)c(C(=O)OC)c1. The van der Waals surface area contributed by atoms with E-state index in [2.05, 4.69) is 10.6 Å². The molecule has 0 fully saturated rings. The van der Waals surface area contributed by atoms with Gasteiger partial charge in [0.05, 0.1) is 12.7 Å². The van der Waals surface area contributed by atoms with Crippen molar-refractivity contribution in [1.82, 2.24) is 5.32 Å². The highest BCUT2D eigenvalue weighted by Gasteiger charge is 2.13. The largest absolute Gasteiger partial charge is 0.465 e. The smallest absolute Gasteiger partial charge is 0.340 e. The fraction of sp³-hybridized carbons (Fsp3) is 0.467. The Kier molecular flexibility index (Phi) is 6.52. The van der Waals surface area contributed by atoms with Gasteiger partial charge in [0.25, 0.3) is 0 Å². The molecule has 0 bridgehead atoms. The average Bonchev–Trinajstić information content (AvgIpc) is 2.47. The lowest BCUT2D eigenvalue weighted by Crippen LogP contribution is -2.25. The van der Waals surface area contributed by atoms with E-state index in [4.69, 9.17) is 10.5 Å². The Labute approximate surface area is 125 Å². The highest BCUT2D eigenvalue weighted by molar-refractivity contribution is 5.97. The molecule has 0 unspecified atom stereocenters. The Bertz CT molecular complexity index is 515. The molecule has 1 rings (SSSR count). The van der Waals surface area contributed by atoms with Crippen LogP contribution in [-0.4, -0.2) is 32.1 Å². The minimum atomic E-state index is -0.472. The van der Waals surface area contributed by atoms with E-state index in [1.807, 2.05) is 19.9 Å². The Morgan fingerprint density at radius 2 is 2.00 bits per heavy atom. The summed E-state index contributed by atoms with van der Waals surface area (Å²) in [7, 11) is 1.31. The van der Waals surface area contributed by atoms with Crippen LogP contribution in [0.1, 0.15) is 35.7 Å². The van der Waals surface area contributed by atoms with Gasteiger partial charge in [-0.25, -0.2) is 4.79 Å². The molecular weight excluding hydrogens is 270 g/mol. The van der Waals surface area contributed by atoms with Gasteiger partial charge in [-0.3, -0.25) is 4.79 Å². The van der Waals surface area contributed by atoms with Crippen LogP contribution in [-0.2, 0) is 9.53 Å². The molecule has 1 aromatic carbocycles. The van der Waals surface area contributed by atoms with Gasteiger partial charge in [-0.1, -0.05) is 6.92 Å². The summed E-state index contributed by atoms with van der Waals surface area (Å²) >= 11 is 0. The van der Waals surface area contributed by atoms with E-state index in [9.17, 15) is 9.59 Å². The van der Waals surface area contributed by atoms with Crippen LogP contribution in [0.3, 0.4) is 0 Å². The van der Waals surface area contributed by atoms with Crippen LogP contribution in [0.2, 0.25) is 0 Å². The van der Waals surface area contributed by atoms with Gasteiger partial charge in [-0.05, 0) is 31.0 Å². The van der Waals surface area contributed by atoms with Crippen molar-refractivity contribution in [2.75, 3.05) is 31.2 Å². The third kappa shape index (κ3) is 4.98. The number of ether oxygens (including phenoxy) is 1. The van der Waals surface area contributed by atoms with Gasteiger partial charge in [0.2, 0.25) is 5.91 Å². The topological polar surface area (TPSA) is 93.5 Å². The molecule has 0 saturated heterocycles.